The maximum absolute atomic E-state index is 12.1. The molecule has 1 aromatic heterocycles. The van der Waals surface area contributed by atoms with Crippen LogP contribution in [0.4, 0.5) is 0 Å². The maximum Gasteiger partial charge on any atom is 0.354 e. The molecule has 120 valence electrons. The largest absolute Gasteiger partial charge is 0.477 e. The van der Waals surface area contributed by atoms with Gasteiger partial charge in [0.15, 0.2) is 5.69 Å². The summed E-state index contributed by atoms with van der Waals surface area (Å²) in [7, 11) is 1.58. The quantitative estimate of drug-likeness (QED) is 0.787. The fourth-order valence-corrected chi connectivity index (χ4v) is 2.58. The predicted octanol–water partition coefficient (Wildman–Crippen LogP) is 0.346. The Balaban J connectivity index is 2.03. The van der Waals surface area contributed by atoms with Gasteiger partial charge in [0.1, 0.15) is 0 Å². The molecule has 0 saturated carbocycles. The second-order valence-corrected chi connectivity index (χ2v) is 5.07. The third kappa shape index (κ3) is 3.26. The molecule has 1 aliphatic heterocycles. The van der Waals surface area contributed by atoms with E-state index in [1.54, 1.807) is 18.9 Å². The maximum atomic E-state index is 12.1. The van der Waals surface area contributed by atoms with Gasteiger partial charge >= 0.3 is 11.9 Å². The van der Waals surface area contributed by atoms with Crippen LogP contribution >= 0.6 is 0 Å². The fraction of sp³-hybridized carbons (Fsp3) is 0.571. The summed E-state index contributed by atoms with van der Waals surface area (Å²) in [6, 6.07) is 0. The SMILES string of the molecule is CCOC(=O)CCC(=O)N1CCc2nn(C)c(C(=O)O)c2C1. The number of aromatic nitrogens is 2. The van der Waals surface area contributed by atoms with E-state index < -0.39 is 11.9 Å². The van der Waals surface area contributed by atoms with Crippen molar-refractivity contribution >= 4 is 17.8 Å². The first-order chi connectivity index (χ1) is 10.4. The van der Waals surface area contributed by atoms with Gasteiger partial charge in [-0.25, -0.2) is 4.79 Å². The number of carbonyl (C=O) groups is 3. The average Bonchev–Trinajstić information content (AvgIpc) is 2.79. The lowest BCUT2D eigenvalue weighted by Crippen LogP contribution is -2.36. The molecule has 2 rings (SSSR count). The minimum Gasteiger partial charge on any atom is -0.477 e. The van der Waals surface area contributed by atoms with E-state index in [0.717, 1.165) is 0 Å². The van der Waals surface area contributed by atoms with Crippen LogP contribution in [-0.2, 0) is 34.3 Å². The van der Waals surface area contributed by atoms with Crippen LogP contribution in [0, 0.1) is 0 Å². The third-order valence-electron chi connectivity index (χ3n) is 3.60. The number of fused-ring (bicyclic) bond motifs is 1. The number of amides is 1. The number of rotatable bonds is 5. The van der Waals surface area contributed by atoms with Crippen molar-refractivity contribution in [2.45, 2.75) is 32.7 Å². The lowest BCUT2D eigenvalue weighted by atomic mass is 10.0. The summed E-state index contributed by atoms with van der Waals surface area (Å²) in [5.74, 6) is -1.64. The molecule has 0 unspecified atom stereocenters. The highest BCUT2D eigenvalue weighted by Gasteiger charge is 2.29. The van der Waals surface area contributed by atoms with Gasteiger partial charge in [-0.1, -0.05) is 0 Å². The number of carboxylic acids is 1. The van der Waals surface area contributed by atoms with Gasteiger partial charge < -0.3 is 14.7 Å². The van der Waals surface area contributed by atoms with E-state index in [2.05, 4.69) is 5.10 Å². The Kier molecular flexibility index (Phi) is 4.79. The number of hydrogen-bond donors (Lipinski definition) is 1. The fourth-order valence-electron chi connectivity index (χ4n) is 2.58. The molecular formula is C14H19N3O5. The third-order valence-corrected chi connectivity index (χ3v) is 3.60. The first-order valence-electron chi connectivity index (χ1n) is 7.15. The number of ether oxygens (including phenoxy) is 1. The summed E-state index contributed by atoms with van der Waals surface area (Å²) in [4.78, 5) is 36.3. The van der Waals surface area contributed by atoms with E-state index in [0.29, 0.717) is 24.2 Å². The molecule has 0 spiro atoms. The summed E-state index contributed by atoms with van der Waals surface area (Å²) < 4.78 is 6.12. The van der Waals surface area contributed by atoms with Gasteiger partial charge in [-0.05, 0) is 6.92 Å². The number of carbonyl (C=O) groups excluding carboxylic acids is 2. The van der Waals surface area contributed by atoms with Crippen LogP contribution < -0.4 is 0 Å². The van der Waals surface area contributed by atoms with Gasteiger partial charge in [0.05, 0.1) is 18.7 Å². The van der Waals surface area contributed by atoms with Crippen LogP contribution in [0.3, 0.4) is 0 Å². The van der Waals surface area contributed by atoms with Crippen molar-refractivity contribution in [1.82, 2.24) is 14.7 Å². The monoisotopic (exact) mass is 309 g/mol. The molecule has 0 bridgehead atoms. The smallest absolute Gasteiger partial charge is 0.354 e. The molecule has 0 saturated heterocycles. The Morgan fingerprint density at radius 2 is 2.05 bits per heavy atom. The minimum atomic E-state index is -1.06. The van der Waals surface area contributed by atoms with E-state index in [9.17, 15) is 19.5 Å². The lowest BCUT2D eigenvalue weighted by Gasteiger charge is -2.26. The second kappa shape index (κ2) is 6.59. The van der Waals surface area contributed by atoms with E-state index in [4.69, 9.17) is 4.74 Å². The molecule has 0 atom stereocenters. The van der Waals surface area contributed by atoms with Crippen LogP contribution in [0.2, 0.25) is 0 Å². The van der Waals surface area contributed by atoms with E-state index in [-0.39, 0.29) is 37.6 Å². The molecule has 1 N–H and O–H groups in total. The number of aromatic carboxylic acids is 1. The van der Waals surface area contributed by atoms with E-state index in [1.807, 2.05) is 0 Å². The van der Waals surface area contributed by atoms with Crippen molar-refractivity contribution in [3.8, 4) is 0 Å². The molecule has 1 amide bonds. The summed E-state index contributed by atoms with van der Waals surface area (Å²) in [5.41, 5.74) is 1.40. The Hall–Kier alpha value is -2.38. The Morgan fingerprint density at radius 1 is 1.32 bits per heavy atom. The molecule has 0 aliphatic carbocycles. The van der Waals surface area contributed by atoms with Crippen molar-refractivity contribution < 1.29 is 24.2 Å². The average molecular weight is 309 g/mol. The van der Waals surface area contributed by atoms with Gasteiger partial charge in [0, 0.05) is 38.5 Å². The number of carboxylic acid groups (broad SMARTS) is 1. The molecule has 0 radical (unpaired) electrons. The number of hydrogen-bond acceptors (Lipinski definition) is 5. The van der Waals surface area contributed by atoms with Crippen molar-refractivity contribution in [1.29, 1.82) is 0 Å². The first-order valence-corrected chi connectivity index (χ1v) is 7.15. The van der Waals surface area contributed by atoms with Crippen molar-refractivity contribution in [2.75, 3.05) is 13.2 Å². The molecule has 0 fully saturated rings. The van der Waals surface area contributed by atoms with Crippen LogP contribution in [0.1, 0.15) is 41.5 Å². The van der Waals surface area contributed by atoms with Crippen molar-refractivity contribution in [2.24, 2.45) is 7.05 Å². The molecule has 1 aliphatic rings. The lowest BCUT2D eigenvalue weighted by molar-refractivity contribution is -0.145. The molecule has 0 aromatic carbocycles. The molecule has 22 heavy (non-hydrogen) atoms. The topological polar surface area (TPSA) is 102 Å². The van der Waals surface area contributed by atoms with Gasteiger partial charge in [-0.2, -0.15) is 5.10 Å². The van der Waals surface area contributed by atoms with Crippen molar-refractivity contribution in [3.05, 3.63) is 17.0 Å². The van der Waals surface area contributed by atoms with Gasteiger partial charge in [0.25, 0.3) is 0 Å². The Labute approximate surface area is 127 Å². The summed E-state index contributed by atoms with van der Waals surface area (Å²) in [6.07, 6.45) is 0.618. The predicted molar refractivity (Wildman–Crippen MR) is 75.2 cm³/mol. The highest BCUT2D eigenvalue weighted by molar-refractivity contribution is 5.88. The van der Waals surface area contributed by atoms with Crippen LogP contribution in [0.25, 0.3) is 0 Å². The van der Waals surface area contributed by atoms with E-state index in [1.165, 1.54) is 4.68 Å². The van der Waals surface area contributed by atoms with E-state index >= 15 is 0 Å². The van der Waals surface area contributed by atoms with Gasteiger partial charge in [0.2, 0.25) is 5.91 Å². The second-order valence-electron chi connectivity index (χ2n) is 5.07. The highest BCUT2D eigenvalue weighted by Crippen LogP contribution is 2.22. The molecule has 8 heteroatoms. The zero-order chi connectivity index (χ0) is 16.3. The number of nitrogens with zero attached hydrogens (tertiary/aromatic N) is 3. The first kappa shape index (κ1) is 16.0. The van der Waals surface area contributed by atoms with Crippen LogP contribution in [-0.4, -0.2) is 50.8 Å². The normalized spacial score (nSPS) is 13.6. The molecule has 2 heterocycles. The van der Waals surface area contributed by atoms with Crippen LogP contribution in [0.5, 0.6) is 0 Å². The summed E-state index contributed by atoms with van der Waals surface area (Å²) >= 11 is 0. The number of esters is 1. The Bertz CT molecular complexity index is 608. The zero-order valence-electron chi connectivity index (χ0n) is 12.7. The Morgan fingerprint density at radius 3 is 2.68 bits per heavy atom. The van der Waals surface area contributed by atoms with Gasteiger partial charge in [-0.15, -0.1) is 0 Å². The minimum absolute atomic E-state index is 0.0366. The van der Waals surface area contributed by atoms with Crippen LogP contribution in [0.15, 0.2) is 0 Å². The summed E-state index contributed by atoms with van der Waals surface area (Å²) in [5, 5.41) is 13.4. The summed E-state index contributed by atoms with van der Waals surface area (Å²) in [6.45, 7) is 2.69. The number of aryl methyl sites for hydroxylation is 1. The highest BCUT2D eigenvalue weighted by atomic mass is 16.5. The molecular weight excluding hydrogens is 290 g/mol. The van der Waals surface area contributed by atoms with Crippen molar-refractivity contribution in [3.63, 3.8) is 0 Å². The van der Waals surface area contributed by atoms with Gasteiger partial charge in [-0.3, -0.25) is 14.3 Å². The molecule has 8 nitrogen and oxygen atoms in total. The standard InChI is InChI=1S/C14H19N3O5/c1-3-22-12(19)5-4-11(18)17-7-6-10-9(8-17)13(14(20)21)16(2)15-10/h3-8H2,1-2H3,(H,20,21). The molecule has 1 aromatic rings. The zero-order valence-corrected chi connectivity index (χ0v) is 12.7.